The van der Waals surface area contributed by atoms with Gasteiger partial charge in [-0.05, 0) is 19.1 Å². The fraction of sp³-hybridized carbons (Fsp3) is 0.533. The van der Waals surface area contributed by atoms with Crippen LogP contribution in [0.15, 0.2) is 24.3 Å². The zero-order valence-corrected chi connectivity index (χ0v) is 13.1. The van der Waals surface area contributed by atoms with E-state index >= 15 is 0 Å². The average molecular weight is 312 g/mol. The summed E-state index contributed by atoms with van der Waals surface area (Å²) in [4.78, 5) is 12.2. The number of thioether (sulfide) groups is 1. The molecule has 1 aromatic rings. The maximum absolute atomic E-state index is 12.2. The first-order chi connectivity index (χ1) is 10.1. The van der Waals surface area contributed by atoms with E-state index in [1.54, 1.807) is 26.4 Å². The van der Waals surface area contributed by atoms with Crippen LogP contribution in [0.1, 0.15) is 15.9 Å². The van der Waals surface area contributed by atoms with Crippen LogP contribution in [0.25, 0.3) is 0 Å². The SMILES string of the molecule is COC[C@H]1SC(O)[C@@H](OC(=O)c2ccc(C)cc2)[C@@H]1OC. The summed E-state index contributed by atoms with van der Waals surface area (Å²) in [7, 11) is 3.13. The molecular weight excluding hydrogens is 292 g/mol. The van der Waals surface area contributed by atoms with Gasteiger partial charge in [-0.1, -0.05) is 17.7 Å². The van der Waals surface area contributed by atoms with E-state index in [1.807, 2.05) is 19.1 Å². The lowest BCUT2D eigenvalue weighted by molar-refractivity contribution is -0.0589. The number of aryl methyl sites for hydroxylation is 1. The normalized spacial score (nSPS) is 28.6. The van der Waals surface area contributed by atoms with Gasteiger partial charge in [0.1, 0.15) is 11.5 Å². The lowest BCUT2D eigenvalue weighted by atomic mass is 10.1. The van der Waals surface area contributed by atoms with Crippen LogP contribution in [0.2, 0.25) is 0 Å². The number of carbonyl (C=O) groups excluding carboxylic acids is 1. The van der Waals surface area contributed by atoms with Gasteiger partial charge in [0.15, 0.2) is 6.10 Å². The van der Waals surface area contributed by atoms with Crippen LogP contribution in [-0.2, 0) is 14.2 Å². The molecule has 1 saturated heterocycles. The van der Waals surface area contributed by atoms with Crippen LogP contribution < -0.4 is 0 Å². The van der Waals surface area contributed by atoms with Gasteiger partial charge in [0, 0.05) is 14.2 Å². The first-order valence-electron chi connectivity index (χ1n) is 6.69. The Morgan fingerprint density at radius 1 is 1.24 bits per heavy atom. The van der Waals surface area contributed by atoms with Gasteiger partial charge in [-0.3, -0.25) is 0 Å². The highest BCUT2D eigenvalue weighted by molar-refractivity contribution is 8.00. The molecule has 0 bridgehead atoms. The van der Waals surface area contributed by atoms with Gasteiger partial charge in [0.05, 0.1) is 17.4 Å². The maximum Gasteiger partial charge on any atom is 0.338 e. The van der Waals surface area contributed by atoms with E-state index in [4.69, 9.17) is 14.2 Å². The van der Waals surface area contributed by atoms with Crippen LogP contribution in [0, 0.1) is 6.92 Å². The van der Waals surface area contributed by atoms with Crippen molar-refractivity contribution in [1.29, 1.82) is 0 Å². The van der Waals surface area contributed by atoms with Crippen molar-refractivity contribution < 1.29 is 24.1 Å². The Balaban J connectivity index is 2.06. The molecule has 0 amide bonds. The largest absolute Gasteiger partial charge is 0.452 e. The highest BCUT2D eigenvalue weighted by Gasteiger charge is 2.46. The minimum atomic E-state index is -0.815. The van der Waals surface area contributed by atoms with Gasteiger partial charge < -0.3 is 19.3 Å². The van der Waals surface area contributed by atoms with Crippen LogP contribution in [0.5, 0.6) is 0 Å². The molecule has 6 heteroatoms. The van der Waals surface area contributed by atoms with Gasteiger partial charge in [-0.2, -0.15) is 0 Å². The lowest BCUT2D eigenvalue weighted by Gasteiger charge is -2.22. The summed E-state index contributed by atoms with van der Waals surface area (Å²) in [5.74, 6) is -0.459. The number of hydrogen-bond donors (Lipinski definition) is 1. The molecule has 1 N–H and O–H groups in total. The summed E-state index contributed by atoms with van der Waals surface area (Å²) in [5, 5.41) is 10.0. The van der Waals surface area contributed by atoms with Crippen molar-refractivity contribution in [1.82, 2.24) is 0 Å². The smallest absolute Gasteiger partial charge is 0.338 e. The molecule has 21 heavy (non-hydrogen) atoms. The molecule has 0 radical (unpaired) electrons. The van der Waals surface area contributed by atoms with Gasteiger partial charge >= 0.3 is 5.97 Å². The molecule has 0 saturated carbocycles. The lowest BCUT2D eigenvalue weighted by Crippen LogP contribution is -2.39. The molecule has 5 nitrogen and oxygen atoms in total. The minimum absolute atomic E-state index is 0.0641. The Morgan fingerprint density at radius 2 is 1.90 bits per heavy atom. The van der Waals surface area contributed by atoms with Gasteiger partial charge in [0.2, 0.25) is 0 Å². The number of hydrogen-bond acceptors (Lipinski definition) is 6. The molecule has 4 atom stereocenters. The first kappa shape index (κ1) is 16.3. The highest BCUT2D eigenvalue weighted by Crippen LogP contribution is 2.36. The Kier molecular flexibility index (Phi) is 5.64. The summed E-state index contributed by atoms with van der Waals surface area (Å²) < 4.78 is 15.9. The van der Waals surface area contributed by atoms with Crippen molar-refractivity contribution in [2.75, 3.05) is 20.8 Å². The fourth-order valence-electron chi connectivity index (χ4n) is 2.30. The molecule has 2 rings (SSSR count). The summed E-state index contributed by atoms with van der Waals surface area (Å²) in [6, 6.07) is 7.11. The van der Waals surface area contributed by atoms with E-state index in [2.05, 4.69) is 0 Å². The third-order valence-electron chi connectivity index (χ3n) is 3.42. The zero-order valence-electron chi connectivity index (χ0n) is 12.3. The molecule has 0 spiro atoms. The molecule has 1 aromatic carbocycles. The second-order valence-electron chi connectivity index (χ2n) is 4.96. The van der Waals surface area contributed by atoms with Crippen molar-refractivity contribution in [2.45, 2.75) is 29.8 Å². The maximum atomic E-state index is 12.2. The molecular formula is C15H20O5S. The standard InChI is InChI=1S/C15H20O5S/c1-9-4-6-10(7-5-9)14(16)20-13-12(19-3)11(8-18-2)21-15(13)17/h4-7,11-13,15,17H,8H2,1-3H3/t11-,12-,13+,15?/m1/s1. The Hall–Kier alpha value is -1.08. The van der Waals surface area contributed by atoms with Crippen molar-refractivity contribution in [3.05, 3.63) is 35.4 Å². The van der Waals surface area contributed by atoms with Crippen molar-refractivity contribution in [3.8, 4) is 0 Å². The molecule has 1 heterocycles. The van der Waals surface area contributed by atoms with Crippen LogP contribution in [0.3, 0.4) is 0 Å². The Morgan fingerprint density at radius 3 is 2.48 bits per heavy atom. The van der Waals surface area contributed by atoms with Gasteiger partial charge in [0.25, 0.3) is 0 Å². The number of esters is 1. The average Bonchev–Trinajstić information content (AvgIpc) is 2.75. The Labute approximate surface area is 128 Å². The molecule has 1 fully saturated rings. The molecule has 0 aliphatic carbocycles. The molecule has 0 aromatic heterocycles. The molecule has 1 aliphatic heterocycles. The third kappa shape index (κ3) is 3.77. The predicted molar refractivity (Wildman–Crippen MR) is 80.4 cm³/mol. The summed E-state index contributed by atoms with van der Waals surface area (Å²) in [6.45, 7) is 2.38. The molecule has 116 valence electrons. The highest BCUT2D eigenvalue weighted by atomic mass is 32.2. The van der Waals surface area contributed by atoms with E-state index < -0.39 is 17.5 Å². The second-order valence-corrected chi connectivity index (χ2v) is 6.32. The van der Waals surface area contributed by atoms with Crippen molar-refractivity contribution >= 4 is 17.7 Å². The van der Waals surface area contributed by atoms with E-state index in [0.29, 0.717) is 12.2 Å². The summed E-state index contributed by atoms with van der Waals surface area (Å²) in [6.07, 6.45) is -1.09. The number of ether oxygens (including phenoxy) is 3. The van der Waals surface area contributed by atoms with Crippen LogP contribution in [0.4, 0.5) is 0 Å². The van der Waals surface area contributed by atoms with E-state index in [9.17, 15) is 9.90 Å². The van der Waals surface area contributed by atoms with Gasteiger partial charge in [-0.25, -0.2) is 4.79 Å². The number of methoxy groups -OCH3 is 2. The molecule has 1 unspecified atom stereocenters. The minimum Gasteiger partial charge on any atom is -0.452 e. The summed E-state index contributed by atoms with van der Waals surface area (Å²) >= 11 is 1.30. The number of aliphatic hydroxyl groups excluding tert-OH is 1. The fourth-order valence-corrected chi connectivity index (χ4v) is 3.66. The quantitative estimate of drug-likeness (QED) is 0.834. The number of benzene rings is 1. The summed E-state index contributed by atoms with van der Waals surface area (Å²) in [5.41, 5.74) is 0.713. The zero-order chi connectivity index (χ0) is 15.4. The van der Waals surface area contributed by atoms with Gasteiger partial charge in [-0.15, -0.1) is 11.8 Å². The van der Waals surface area contributed by atoms with Crippen molar-refractivity contribution in [3.63, 3.8) is 0 Å². The monoisotopic (exact) mass is 312 g/mol. The second kappa shape index (κ2) is 7.26. The third-order valence-corrected chi connectivity index (χ3v) is 4.72. The number of rotatable bonds is 5. The number of aliphatic hydroxyl groups is 1. The number of carbonyl (C=O) groups is 1. The molecule has 1 aliphatic rings. The van der Waals surface area contributed by atoms with Crippen LogP contribution in [-0.4, -0.2) is 54.8 Å². The van der Waals surface area contributed by atoms with E-state index in [1.165, 1.54) is 11.8 Å². The van der Waals surface area contributed by atoms with E-state index in [-0.39, 0.29) is 11.4 Å². The van der Waals surface area contributed by atoms with Crippen molar-refractivity contribution in [2.24, 2.45) is 0 Å². The Bertz CT molecular complexity index is 475. The van der Waals surface area contributed by atoms with Crippen LogP contribution >= 0.6 is 11.8 Å². The predicted octanol–water partition coefficient (Wildman–Crippen LogP) is 1.62. The topological polar surface area (TPSA) is 65.0 Å². The first-order valence-corrected chi connectivity index (χ1v) is 7.64. The van der Waals surface area contributed by atoms with E-state index in [0.717, 1.165) is 5.56 Å².